The largest absolute Gasteiger partial charge is 0.474 e. The van der Waals surface area contributed by atoms with Crippen molar-refractivity contribution in [2.75, 3.05) is 37.1 Å². The highest BCUT2D eigenvalue weighted by Crippen LogP contribution is 2.54. The van der Waals surface area contributed by atoms with Gasteiger partial charge < -0.3 is 5.73 Å². The number of aromatic nitrogens is 2. The molecule has 1 aromatic heterocycles. The van der Waals surface area contributed by atoms with Crippen molar-refractivity contribution in [3.63, 3.8) is 0 Å². The Labute approximate surface area is 227 Å². The lowest BCUT2D eigenvalue weighted by Gasteiger charge is -2.41. The summed E-state index contributed by atoms with van der Waals surface area (Å²) in [6.07, 6.45) is 4.35. The van der Waals surface area contributed by atoms with E-state index in [9.17, 15) is 18.9 Å². The molecule has 1 aliphatic rings. The van der Waals surface area contributed by atoms with Gasteiger partial charge in [0, 0.05) is 34.1 Å². The Bertz CT molecular complexity index is 1010. The van der Waals surface area contributed by atoms with E-state index in [1.165, 1.54) is 6.20 Å². The predicted octanol–water partition coefficient (Wildman–Crippen LogP) is 4.83. The molecule has 0 atom stereocenters. The van der Waals surface area contributed by atoms with Gasteiger partial charge in [0.05, 0.1) is 19.8 Å². The SMILES string of the molecule is CC(C)(C)C(=O)SCCOP(=O)(OCCSC(=O)C(C)(C)C)OCC1(Cc2cnc(N)[nH]c2=O)CCC1. The van der Waals surface area contributed by atoms with Gasteiger partial charge in [-0.05, 0) is 24.7 Å². The number of carbonyl (C=O) groups is 2. The molecule has 210 valence electrons. The number of thioether (sulfide) groups is 2. The molecule has 1 aliphatic carbocycles. The first-order valence-corrected chi connectivity index (χ1v) is 15.7. The smallest absolute Gasteiger partial charge is 0.369 e. The fourth-order valence-electron chi connectivity index (χ4n) is 3.34. The number of rotatable bonds is 13. The standard InChI is InChI=1S/C24H40N3O7PS2/c1-22(2,3)19(29)36-12-10-32-35(31,33-11-13-37-20(30)23(4,5)6)34-16-24(8-7-9-24)14-17-15-26-21(25)27-18(17)28/h15H,7-14,16H2,1-6H3,(H3,25,26,27,28). The molecule has 2 rings (SSSR count). The maximum atomic E-state index is 13.5. The van der Waals surface area contributed by atoms with Gasteiger partial charge in [-0.25, -0.2) is 9.55 Å². The number of phosphoric ester groups is 1. The Balaban J connectivity index is 2.01. The molecule has 0 unspecified atom stereocenters. The second kappa shape index (κ2) is 13.3. The number of nitrogens with one attached hydrogen (secondary N) is 1. The summed E-state index contributed by atoms with van der Waals surface area (Å²) in [5.74, 6) is 0.633. The number of aromatic amines is 1. The summed E-state index contributed by atoms with van der Waals surface area (Å²) in [7, 11) is -3.99. The van der Waals surface area contributed by atoms with Crippen molar-refractivity contribution in [2.24, 2.45) is 16.2 Å². The number of nitrogens with two attached hydrogens (primary N) is 1. The lowest BCUT2D eigenvalue weighted by molar-refractivity contribution is -0.118. The Morgan fingerprint density at radius 3 is 1.95 bits per heavy atom. The Kier molecular flexibility index (Phi) is 11.5. The fraction of sp³-hybridized carbons (Fsp3) is 0.750. The molecule has 0 bridgehead atoms. The van der Waals surface area contributed by atoms with E-state index in [0.29, 0.717) is 23.5 Å². The maximum Gasteiger partial charge on any atom is 0.474 e. The van der Waals surface area contributed by atoms with Crippen LogP contribution in [0.2, 0.25) is 0 Å². The average Bonchev–Trinajstić information content (AvgIpc) is 2.76. The molecule has 13 heteroatoms. The molecular formula is C24H40N3O7PS2. The Hall–Kier alpha value is -1.17. The zero-order valence-corrected chi connectivity index (χ0v) is 25.1. The van der Waals surface area contributed by atoms with Crippen molar-refractivity contribution in [1.29, 1.82) is 0 Å². The van der Waals surface area contributed by atoms with Crippen LogP contribution < -0.4 is 11.3 Å². The van der Waals surface area contributed by atoms with Crippen molar-refractivity contribution in [3.05, 3.63) is 22.1 Å². The van der Waals surface area contributed by atoms with Gasteiger partial charge in [-0.1, -0.05) is 71.5 Å². The minimum atomic E-state index is -3.99. The summed E-state index contributed by atoms with van der Waals surface area (Å²) in [6.45, 7) is 11.0. The van der Waals surface area contributed by atoms with E-state index in [0.717, 1.165) is 42.8 Å². The topological polar surface area (TPSA) is 151 Å². The van der Waals surface area contributed by atoms with Crippen molar-refractivity contribution in [1.82, 2.24) is 9.97 Å². The zero-order valence-electron chi connectivity index (χ0n) is 22.6. The van der Waals surface area contributed by atoms with Crippen LogP contribution in [0.4, 0.5) is 5.95 Å². The van der Waals surface area contributed by atoms with E-state index in [1.54, 1.807) is 0 Å². The number of H-pyrrole nitrogens is 1. The van der Waals surface area contributed by atoms with E-state index in [1.807, 2.05) is 41.5 Å². The summed E-state index contributed by atoms with van der Waals surface area (Å²) in [5, 5.41) is 0.00113. The van der Waals surface area contributed by atoms with Gasteiger partial charge in [0.1, 0.15) is 0 Å². The van der Waals surface area contributed by atoms with Crippen molar-refractivity contribution in [2.45, 2.75) is 67.2 Å². The van der Waals surface area contributed by atoms with Crippen LogP contribution in [0.3, 0.4) is 0 Å². The predicted molar refractivity (Wildman–Crippen MR) is 149 cm³/mol. The fourth-order valence-corrected chi connectivity index (χ4v) is 6.44. The van der Waals surface area contributed by atoms with E-state index in [-0.39, 0.29) is 41.6 Å². The van der Waals surface area contributed by atoms with Gasteiger partial charge >= 0.3 is 7.82 Å². The van der Waals surface area contributed by atoms with Crippen LogP contribution in [-0.4, -0.2) is 51.5 Å². The highest BCUT2D eigenvalue weighted by molar-refractivity contribution is 8.14. The monoisotopic (exact) mass is 577 g/mol. The summed E-state index contributed by atoms with van der Waals surface area (Å²) in [6, 6.07) is 0. The summed E-state index contributed by atoms with van der Waals surface area (Å²) >= 11 is 2.21. The molecule has 0 amide bonds. The van der Waals surface area contributed by atoms with E-state index < -0.39 is 24.1 Å². The van der Waals surface area contributed by atoms with Crippen LogP contribution in [-0.2, 0) is 34.1 Å². The third-order valence-electron chi connectivity index (χ3n) is 5.76. The number of carbonyl (C=O) groups excluding carboxylic acids is 2. The van der Waals surface area contributed by atoms with Crippen LogP contribution in [0.1, 0.15) is 66.4 Å². The molecule has 1 fully saturated rings. The van der Waals surface area contributed by atoms with Gasteiger partial charge in [-0.15, -0.1) is 0 Å². The van der Waals surface area contributed by atoms with Gasteiger partial charge in [-0.3, -0.25) is 32.9 Å². The first-order valence-electron chi connectivity index (χ1n) is 12.3. The number of hydrogen-bond acceptors (Lipinski definition) is 11. The third kappa shape index (κ3) is 10.5. The molecule has 10 nitrogen and oxygen atoms in total. The molecule has 1 aromatic rings. The minimum Gasteiger partial charge on any atom is -0.369 e. The molecule has 1 saturated carbocycles. The molecule has 3 N–H and O–H groups in total. The number of nitrogen functional groups attached to an aromatic ring is 1. The Morgan fingerprint density at radius 2 is 1.54 bits per heavy atom. The second-order valence-corrected chi connectivity index (χ2v) is 15.1. The zero-order chi connectivity index (χ0) is 27.9. The molecule has 0 aliphatic heterocycles. The maximum absolute atomic E-state index is 13.5. The molecule has 0 aromatic carbocycles. The van der Waals surface area contributed by atoms with Crippen molar-refractivity contribution >= 4 is 47.5 Å². The normalized spacial score (nSPS) is 15.8. The first kappa shape index (κ1) is 32.0. The molecular weight excluding hydrogens is 537 g/mol. The third-order valence-corrected chi connectivity index (χ3v) is 9.69. The summed E-state index contributed by atoms with van der Waals surface area (Å²) in [5.41, 5.74) is 4.32. The number of anilines is 1. The number of nitrogens with zero attached hydrogens (tertiary/aromatic N) is 1. The van der Waals surface area contributed by atoms with E-state index in [2.05, 4.69) is 9.97 Å². The molecule has 1 heterocycles. The molecule has 37 heavy (non-hydrogen) atoms. The first-order chi connectivity index (χ1) is 17.1. The van der Waals surface area contributed by atoms with Crippen LogP contribution in [0.5, 0.6) is 0 Å². The Morgan fingerprint density at radius 1 is 1.03 bits per heavy atom. The lowest BCUT2D eigenvalue weighted by Crippen LogP contribution is -2.38. The highest BCUT2D eigenvalue weighted by Gasteiger charge is 2.41. The highest BCUT2D eigenvalue weighted by atomic mass is 32.2. The van der Waals surface area contributed by atoms with Gasteiger partial charge in [0.15, 0.2) is 16.2 Å². The summed E-state index contributed by atoms with van der Waals surface area (Å²) in [4.78, 5) is 43.1. The second-order valence-electron chi connectivity index (χ2n) is 11.3. The van der Waals surface area contributed by atoms with Gasteiger partial charge in [0.25, 0.3) is 5.56 Å². The summed E-state index contributed by atoms with van der Waals surface area (Å²) < 4.78 is 30.4. The van der Waals surface area contributed by atoms with Crippen molar-refractivity contribution < 1.29 is 27.7 Å². The molecule has 0 spiro atoms. The molecule has 0 saturated heterocycles. The number of phosphoric acid groups is 1. The van der Waals surface area contributed by atoms with E-state index in [4.69, 9.17) is 19.3 Å². The van der Waals surface area contributed by atoms with Crippen molar-refractivity contribution in [3.8, 4) is 0 Å². The lowest BCUT2D eigenvalue weighted by atomic mass is 9.66. The van der Waals surface area contributed by atoms with Gasteiger partial charge in [-0.2, -0.15) is 0 Å². The van der Waals surface area contributed by atoms with Crippen LogP contribution in [0.25, 0.3) is 0 Å². The van der Waals surface area contributed by atoms with Crippen LogP contribution >= 0.6 is 31.3 Å². The average molecular weight is 578 g/mol. The molecule has 0 radical (unpaired) electrons. The van der Waals surface area contributed by atoms with E-state index >= 15 is 0 Å². The van der Waals surface area contributed by atoms with Gasteiger partial charge in [0.2, 0.25) is 0 Å². The minimum absolute atomic E-state index is 0.000567. The quantitative estimate of drug-likeness (QED) is 0.245. The van der Waals surface area contributed by atoms with Crippen LogP contribution in [0.15, 0.2) is 11.0 Å². The van der Waals surface area contributed by atoms with Crippen LogP contribution in [0, 0.1) is 16.2 Å². The number of hydrogen-bond donors (Lipinski definition) is 2.